The molecule has 1 aliphatic heterocycles. The van der Waals surface area contributed by atoms with Crippen molar-refractivity contribution in [2.24, 2.45) is 0 Å². The molecule has 20 heavy (non-hydrogen) atoms. The van der Waals surface area contributed by atoms with Gasteiger partial charge in [-0.2, -0.15) is 11.8 Å². The van der Waals surface area contributed by atoms with Gasteiger partial charge in [-0.1, -0.05) is 13.0 Å². The summed E-state index contributed by atoms with van der Waals surface area (Å²) in [6.07, 6.45) is 0. The summed E-state index contributed by atoms with van der Waals surface area (Å²) >= 11 is 1.99. The van der Waals surface area contributed by atoms with E-state index in [0.717, 1.165) is 24.4 Å². The Kier molecular flexibility index (Phi) is 4.88. The van der Waals surface area contributed by atoms with Gasteiger partial charge in [-0.05, 0) is 18.6 Å². The Bertz CT molecular complexity index is 495. The van der Waals surface area contributed by atoms with Crippen molar-refractivity contribution in [1.29, 1.82) is 0 Å². The number of hydrogen-bond acceptors (Lipinski definition) is 5. The van der Waals surface area contributed by atoms with Crippen LogP contribution in [0.3, 0.4) is 0 Å². The average Bonchev–Trinajstić information content (AvgIpc) is 2.43. The molecule has 0 aromatic heterocycles. The maximum Gasteiger partial charge on any atom is 0.292 e. The molecule has 5 nitrogen and oxygen atoms in total. The minimum atomic E-state index is -0.326. The van der Waals surface area contributed by atoms with Crippen LogP contribution in [0.25, 0.3) is 0 Å². The molecule has 0 bridgehead atoms. The van der Waals surface area contributed by atoms with Crippen molar-refractivity contribution in [3.8, 4) is 0 Å². The molecular weight excluding hydrogens is 274 g/mol. The van der Waals surface area contributed by atoms with Crippen LogP contribution >= 0.6 is 11.8 Å². The quantitative estimate of drug-likeness (QED) is 0.683. The van der Waals surface area contributed by atoms with Crippen LogP contribution in [0, 0.1) is 10.1 Å². The van der Waals surface area contributed by atoms with Crippen LogP contribution in [0.15, 0.2) is 18.2 Å². The molecule has 0 spiro atoms. The van der Waals surface area contributed by atoms with Gasteiger partial charge in [0, 0.05) is 43.2 Å². The van der Waals surface area contributed by atoms with E-state index in [2.05, 4.69) is 24.1 Å². The predicted molar refractivity (Wildman–Crippen MR) is 84.4 cm³/mol. The van der Waals surface area contributed by atoms with Crippen LogP contribution < -0.4 is 5.32 Å². The molecule has 1 aromatic carbocycles. The molecule has 1 heterocycles. The van der Waals surface area contributed by atoms with Crippen molar-refractivity contribution in [3.05, 3.63) is 33.9 Å². The first-order valence-corrected chi connectivity index (χ1v) is 7.88. The SMILES string of the molecule is CNc1ccc(CN2CCSC(C)C2C)cc1[N+](=O)[O-]. The number of anilines is 1. The van der Waals surface area contributed by atoms with Crippen molar-refractivity contribution in [3.63, 3.8) is 0 Å². The summed E-state index contributed by atoms with van der Waals surface area (Å²) in [7, 11) is 1.70. The third-order valence-corrected chi connectivity index (χ3v) is 5.27. The Morgan fingerprint density at radius 3 is 2.90 bits per heavy atom. The highest BCUT2D eigenvalue weighted by atomic mass is 32.2. The lowest BCUT2D eigenvalue weighted by molar-refractivity contribution is -0.384. The molecule has 110 valence electrons. The monoisotopic (exact) mass is 295 g/mol. The van der Waals surface area contributed by atoms with E-state index < -0.39 is 0 Å². The minimum Gasteiger partial charge on any atom is -0.383 e. The van der Waals surface area contributed by atoms with Gasteiger partial charge in [-0.15, -0.1) is 0 Å². The van der Waals surface area contributed by atoms with E-state index in [0.29, 0.717) is 17.0 Å². The first-order valence-electron chi connectivity index (χ1n) is 6.83. The highest BCUT2D eigenvalue weighted by Gasteiger charge is 2.25. The number of nitrogens with one attached hydrogen (secondary N) is 1. The summed E-state index contributed by atoms with van der Waals surface area (Å²) in [5, 5.41) is 14.6. The Balaban J connectivity index is 2.17. The van der Waals surface area contributed by atoms with Crippen LogP contribution in [0.2, 0.25) is 0 Å². The molecule has 1 aromatic rings. The number of thioether (sulfide) groups is 1. The zero-order valence-corrected chi connectivity index (χ0v) is 12.9. The third kappa shape index (κ3) is 3.24. The molecule has 2 rings (SSSR count). The number of nitrogens with zero attached hydrogens (tertiary/aromatic N) is 2. The first-order chi connectivity index (χ1) is 9.52. The molecule has 0 aliphatic carbocycles. The highest BCUT2D eigenvalue weighted by Crippen LogP contribution is 2.28. The Morgan fingerprint density at radius 2 is 2.25 bits per heavy atom. The summed E-state index contributed by atoms with van der Waals surface area (Å²) in [4.78, 5) is 13.2. The van der Waals surface area contributed by atoms with E-state index in [1.807, 2.05) is 17.8 Å². The molecular formula is C14H21N3O2S. The Hall–Kier alpha value is -1.27. The molecule has 6 heteroatoms. The van der Waals surface area contributed by atoms with Gasteiger partial charge in [0.2, 0.25) is 0 Å². The molecule has 0 saturated carbocycles. The van der Waals surface area contributed by atoms with Crippen molar-refractivity contribution in [1.82, 2.24) is 4.90 Å². The average molecular weight is 295 g/mol. The van der Waals surface area contributed by atoms with E-state index in [4.69, 9.17) is 0 Å². The van der Waals surface area contributed by atoms with Gasteiger partial charge in [-0.3, -0.25) is 15.0 Å². The lowest BCUT2D eigenvalue weighted by atomic mass is 10.1. The Labute approximate surface area is 123 Å². The number of rotatable bonds is 4. The standard InChI is InChI=1S/C14H21N3O2S/c1-10-11(2)20-7-6-16(10)9-12-4-5-13(15-3)14(8-12)17(18)19/h4-5,8,10-11,15H,6-7,9H2,1-3H3. The number of hydrogen-bond donors (Lipinski definition) is 1. The van der Waals surface area contributed by atoms with Gasteiger partial charge in [0.15, 0.2) is 0 Å². The fraction of sp³-hybridized carbons (Fsp3) is 0.571. The number of nitro benzene ring substituents is 1. The lowest BCUT2D eigenvalue weighted by Gasteiger charge is -2.37. The second-order valence-corrected chi connectivity index (χ2v) is 6.63. The normalized spacial score (nSPS) is 23.6. The van der Waals surface area contributed by atoms with E-state index >= 15 is 0 Å². The largest absolute Gasteiger partial charge is 0.383 e. The fourth-order valence-electron chi connectivity index (χ4n) is 2.49. The smallest absolute Gasteiger partial charge is 0.292 e. The zero-order chi connectivity index (χ0) is 14.7. The van der Waals surface area contributed by atoms with Crippen molar-refractivity contribution in [2.45, 2.75) is 31.7 Å². The zero-order valence-electron chi connectivity index (χ0n) is 12.1. The van der Waals surface area contributed by atoms with Crippen LogP contribution in [-0.4, -0.2) is 40.5 Å². The van der Waals surface area contributed by atoms with Crippen LogP contribution in [-0.2, 0) is 6.54 Å². The van der Waals surface area contributed by atoms with Crippen LogP contribution in [0.5, 0.6) is 0 Å². The predicted octanol–water partition coefficient (Wildman–Crippen LogP) is 2.96. The van der Waals surface area contributed by atoms with Crippen LogP contribution in [0.4, 0.5) is 11.4 Å². The summed E-state index contributed by atoms with van der Waals surface area (Å²) in [6.45, 7) is 6.29. The summed E-state index contributed by atoms with van der Waals surface area (Å²) < 4.78 is 0. The molecule has 1 saturated heterocycles. The molecule has 1 aliphatic rings. The maximum absolute atomic E-state index is 11.1. The van der Waals surface area contributed by atoms with E-state index in [1.54, 1.807) is 19.2 Å². The maximum atomic E-state index is 11.1. The van der Waals surface area contributed by atoms with Crippen molar-refractivity contribution < 1.29 is 4.92 Å². The highest BCUT2D eigenvalue weighted by molar-refractivity contribution is 8.00. The van der Waals surface area contributed by atoms with E-state index in [-0.39, 0.29) is 10.6 Å². The molecule has 1 N–H and O–H groups in total. The van der Waals surface area contributed by atoms with Gasteiger partial charge < -0.3 is 5.32 Å². The molecule has 2 unspecified atom stereocenters. The second-order valence-electron chi connectivity index (χ2n) is 5.15. The van der Waals surface area contributed by atoms with E-state index in [1.165, 1.54) is 0 Å². The van der Waals surface area contributed by atoms with Crippen LogP contribution in [0.1, 0.15) is 19.4 Å². The molecule has 1 fully saturated rings. The second kappa shape index (κ2) is 6.45. The minimum absolute atomic E-state index is 0.150. The number of benzene rings is 1. The fourth-order valence-corrected chi connectivity index (χ4v) is 3.65. The number of nitro groups is 1. The van der Waals surface area contributed by atoms with Crippen molar-refractivity contribution >= 4 is 23.1 Å². The molecule has 0 amide bonds. The van der Waals surface area contributed by atoms with Gasteiger partial charge in [0.25, 0.3) is 5.69 Å². The third-order valence-electron chi connectivity index (χ3n) is 3.93. The van der Waals surface area contributed by atoms with Crippen molar-refractivity contribution in [2.75, 3.05) is 24.7 Å². The molecule has 2 atom stereocenters. The lowest BCUT2D eigenvalue weighted by Crippen LogP contribution is -2.43. The van der Waals surface area contributed by atoms with Gasteiger partial charge in [0.1, 0.15) is 5.69 Å². The topological polar surface area (TPSA) is 58.4 Å². The van der Waals surface area contributed by atoms with Gasteiger partial charge in [-0.25, -0.2) is 0 Å². The van der Waals surface area contributed by atoms with Gasteiger partial charge in [0.05, 0.1) is 4.92 Å². The summed E-state index contributed by atoms with van der Waals surface area (Å²) in [5.41, 5.74) is 1.72. The Morgan fingerprint density at radius 1 is 1.50 bits per heavy atom. The summed E-state index contributed by atoms with van der Waals surface area (Å²) in [6, 6.07) is 5.94. The first kappa shape index (κ1) is 15.1. The van der Waals surface area contributed by atoms with E-state index in [9.17, 15) is 10.1 Å². The summed E-state index contributed by atoms with van der Waals surface area (Å²) in [5.74, 6) is 1.13. The molecule has 0 radical (unpaired) electrons. The van der Waals surface area contributed by atoms with Gasteiger partial charge >= 0.3 is 0 Å².